The Kier molecular flexibility index (Phi) is 3.89. The maximum atomic E-state index is 10.7. The summed E-state index contributed by atoms with van der Waals surface area (Å²) in [6.07, 6.45) is 2.67. The van der Waals surface area contributed by atoms with Crippen molar-refractivity contribution in [2.45, 2.75) is 13.3 Å². The number of hydrogen-bond donors (Lipinski definition) is 1. The predicted molar refractivity (Wildman–Crippen MR) is 72.9 cm³/mol. The maximum Gasteiger partial charge on any atom is 0.185 e. The Balaban J connectivity index is 1.98. The van der Waals surface area contributed by atoms with Crippen molar-refractivity contribution in [3.05, 3.63) is 36.0 Å². The molecule has 1 aromatic carbocycles. The summed E-state index contributed by atoms with van der Waals surface area (Å²) in [4.78, 5) is 13.9. The zero-order valence-electron chi connectivity index (χ0n) is 9.62. The van der Waals surface area contributed by atoms with Gasteiger partial charge in [0.25, 0.3) is 0 Å². The molecule has 0 atom stereocenters. The van der Waals surface area contributed by atoms with Gasteiger partial charge in [-0.2, -0.15) is 0 Å². The second-order valence-electron chi connectivity index (χ2n) is 3.67. The molecule has 0 radical (unpaired) electrons. The second-order valence-corrected chi connectivity index (χ2v) is 4.94. The molecule has 2 aromatic rings. The number of fused-ring (bicyclic) bond motifs is 1. The highest BCUT2D eigenvalue weighted by Crippen LogP contribution is 2.13. The molecule has 0 unspecified atom stereocenters. The zero-order chi connectivity index (χ0) is 12.1. The van der Waals surface area contributed by atoms with Crippen molar-refractivity contribution in [2.75, 3.05) is 5.75 Å². The lowest BCUT2D eigenvalue weighted by molar-refractivity contribution is -0.109. The van der Waals surface area contributed by atoms with E-state index in [2.05, 4.69) is 22.9 Å². The normalized spacial score (nSPS) is 9.94. The van der Waals surface area contributed by atoms with Crippen LogP contribution in [0.25, 0.3) is 10.9 Å². The van der Waals surface area contributed by atoms with E-state index in [1.165, 1.54) is 17.1 Å². The Morgan fingerprint density at radius 2 is 2.29 bits per heavy atom. The van der Waals surface area contributed by atoms with Crippen LogP contribution in [-0.2, 0) is 4.79 Å². The summed E-state index contributed by atoms with van der Waals surface area (Å²) in [5, 5.41) is 1.33. The van der Waals surface area contributed by atoms with E-state index in [1.807, 2.05) is 24.4 Å². The quantitative estimate of drug-likeness (QED) is 0.649. The lowest BCUT2D eigenvalue weighted by Crippen LogP contribution is -1.84. The van der Waals surface area contributed by atoms with Gasteiger partial charge in [0.2, 0.25) is 0 Å². The summed E-state index contributed by atoms with van der Waals surface area (Å²) in [6, 6.07) is 8.14. The molecule has 0 amide bonds. The second kappa shape index (κ2) is 5.60. The fourth-order valence-electron chi connectivity index (χ4n) is 1.54. The number of rotatable bonds is 2. The molecule has 3 heteroatoms. The molecule has 0 saturated carbocycles. The minimum absolute atomic E-state index is 0.153. The van der Waals surface area contributed by atoms with Crippen molar-refractivity contribution in [1.82, 2.24) is 4.98 Å². The van der Waals surface area contributed by atoms with Crippen LogP contribution in [0, 0.1) is 11.8 Å². The SMILES string of the molecule is CC(=O)SCCC#Cc1ccc2[nH]ccc2c1. The average molecular weight is 243 g/mol. The fraction of sp³-hybridized carbons (Fsp3) is 0.214. The third-order valence-corrected chi connectivity index (χ3v) is 3.13. The molecule has 17 heavy (non-hydrogen) atoms. The summed E-state index contributed by atoms with van der Waals surface area (Å²) in [5.41, 5.74) is 2.15. The van der Waals surface area contributed by atoms with Gasteiger partial charge in [-0.1, -0.05) is 23.6 Å². The third-order valence-electron chi connectivity index (χ3n) is 2.32. The van der Waals surface area contributed by atoms with Gasteiger partial charge in [0.1, 0.15) is 0 Å². The zero-order valence-corrected chi connectivity index (χ0v) is 10.4. The Hall–Kier alpha value is -1.66. The molecule has 0 aliphatic heterocycles. The Bertz CT molecular complexity index is 589. The first-order valence-electron chi connectivity index (χ1n) is 5.45. The molecule has 0 bridgehead atoms. The van der Waals surface area contributed by atoms with E-state index < -0.39 is 0 Å². The van der Waals surface area contributed by atoms with Crippen molar-refractivity contribution in [3.63, 3.8) is 0 Å². The number of benzene rings is 1. The van der Waals surface area contributed by atoms with Crippen molar-refractivity contribution < 1.29 is 4.79 Å². The molecule has 0 fully saturated rings. The van der Waals surface area contributed by atoms with Crippen LogP contribution in [0.1, 0.15) is 18.9 Å². The molecule has 0 aliphatic carbocycles. The lowest BCUT2D eigenvalue weighted by atomic mass is 10.1. The van der Waals surface area contributed by atoms with E-state index in [-0.39, 0.29) is 5.12 Å². The number of carbonyl (C=O) groups is 1. The highest BCUT2D eigenvalue weighted by Gasteiger charge is 1.94. The molecule has 0 saturated heterocycles. The van der Waals surface area contributed by atoms with E-state index in [9.17, 15) is 4.79 Å². The first-order valence-corrected chi connectivity index (χ1v) is 6.43. The fourth-order valence-corrected chi connectivity index (χ4v) is 2.03. The topological polar surface area (TPSA) is 32.9 Å². The van der Waals surface area contributed by atoms with Gasteiger partial charge in [-0.05, 0) is 24.3 Å². The smallest absolute Gasteiger partial charge is 0.185 e. The molecular formula is C14H13NOS. The standard InChI is InChI=1S/C14H13NOS/c1-11(16)17-9-3-2-4-12-5-6-14-13(10-12)7-8-15-14/h5-8,10,15H,3,9H2,1H3. The summed E-state index contributed by atoms with van der Waals surface area (Å²) in [5.74, 6) is 6.97. The summed E-state index contributed by atoms with van der Waals surface area (Å²) < 4.78 is 0. The van der Waals surface area contributed by atoms with Crippen LogP contribution in [-0.4, -0.2) is 15.9 Å². The van der Waals surface area contributed by atoms with Crippen molar-refractivity contribution in [1.29, 1.82) is 0 Å². The van der Waals surface area contributed by atoms with Crippen LogP contribution in [0.15, 0.2) is 30.5 Å². The summed E-state index contributed by atoms with van der Waals surface area (Å²) >= 11 is 1.32. The Morgan fingerprint density at radius 3 is 3.12 bits per heavy atom. The summed E-state index contributed by atoms with van der Waals surface area (Å²) in [6.45, 7) is 1.58. The van der Waals surface area contributed by atoms with Gasteiger partial charge in [-0.15, -0.1) is 0 Å². The van der Waals surface area contributed by atoms with Crippen LogP contribution in [0.2, 0.25) is 0 Å². The molecule has 1 heterocycles. The highest BCUT2D eigenvalue weighted by atomic mass is 32.2. The first-order chi connectivity index (χ1) is 8.25. The Morgan fingerprint density at radius 1 is 1.41 bits per heavy atom. The van der Waals surface area contributed by atoms with Gasteiger partial charge >= 0.3 is 0 Å². The van der Waals surface area contributed by atoms with Crippen LogP contribution < -0.4 is 0 Å². The Labute approximate surface area is 105 Å². The largest absolute Gasteiger partial charge is 0.361 e. The van der Waals surface area contributed by atoms with Gasteiger partial charge in [0.15, 0.2) is 5.12 Å². The number of H-pyrrole nitrogens is 1. The van der Waals surface area contributed by atoms with E-state index in [0.717, 1.165) is 23.3 Å². The molecular weight excluding hydrogens is 230 g/mol. The first kappa shape index (κ1) is 11.8. The van der Waals surface area contributed by atoms with Gasteiger partial charge < -0.3 is 4.98 Å². The molecule has 1 aromatic heterocycles. The predicted octanol–water partition coefficient (Wildman–Crippen LogP) is 3.19. The van der Waals surface area contributed by atoms with Crippen LogP contribution >= 0.6 is 11.8 Å². The highest BCUT2D eigenvalue weighted by molar-refractivity contribution is 8.13. The van der Waals surface area contributed by atoms with Gasteiger partial charge in [0, 0.05) is 41.8 Å². The van der Waals surface area contributed by atoms with Crippen LogP contribution in [0.3, 0.4) is 0 Å². The molecule has 1 N–H and O–H groups in total. The van der Waals surface area contributed by atoms with Crippen LogP contribution in [0.4, 0.5) is 0 Å². The number of aromatic nitrogens is 1. The number of nitrogens with one attached hydrogen (secondary N) is 1. The number of carbonyl (C=O) groups excluding carboxylic acids is 1. The molecule has 2 nitrogen and oxygen atoms in total. The lowest BCUT2D eigenvalue weighted by Gasteiger charge is -1.92. The molecule has 0 spiro atoms. The van der Waals surface area contributed by atoms with Gasteiger partial charge in [-0.25, -0.2) is 0 Å². The van der Waals surface area contributed by atoms with Crippen molar-refractivity contribution in [3.8, 4) is 11.8 Å². The number of hydrogen-bond acceptors (Lipinski definition) is 2. The molecule has 86 valence electrons. The van der Waals surface area contributed by atoms with Crippen LogP contribution in [0.5, 0.6) is 0 Å². The van der Waals surface area contributed by atoms with E-state index in [0.29, 0.717) is 0 Å². The van der Waals surface area contributed by atoms with E-state index in [4.69, 9.17) is 0 Å². The van der Waals surface area contributed by atoms with E-state index >= 15 is 0 Å². The van der Waals surface area contributed by atoms with Crippen molar-refractivity contribution >= 4 is 27.8 Å². The van der Waals surface area contributed by atoms with Gasteiger partial charge in [-0.3, -0.25) is 4.79 Å². The van der Waals surface area contributed by atoms with Gasteiger partial charge in [0.05, 0.1) is 0 Å². The molecule has 0 aliphatic rings. The monoisotopic (exact) mass is 243 g/mol. The minimum atomic E-state index is 0.153. The van der Waals surface area contributed by atoms with E-state index in [1.54, 1.807) is 6.92 Å². The number of thioether (sulfide) groups is 1. The molecule has 2 rings (SSSR count). The third kappa shape index (κ3) is 3.40. The average Bonchev–Trinajstić information content (AvgIpc) is 2.75. The number of aromatic amines is 1. The summed E-state index contributed by atoms with van der Waals surface area (Å²) in [7, 11) is 0. The maximum absolute atomic E-state index is 10.7. The van der Waals surface area contributed by atoms with Crippen molar-refractivity contribution in [2.24, 2.45) is 0 Å². The minimum Gasteiger partial charge on any atom is -0.361 e.